The zero-order chi connectivity index (χ0) is 24.7. The van der Waals surface area contributed by atoms with Crippen molar-refractivity contribution in [3.8, 4) is 0 Å². The number of hydrogen-bond acceptors (Lipinski definition) is 8. The third-order valence-corrected chi connectivity index (χ3v) is 3.43. The lowest BCUT2D eigenvalue weighted by atomic mass is 10.2. The van der Waals surface area contributed by atoms with Crippen LogP contribution < -0.4 is 10.6 Å². The lowest BCUT2D eigenvalue weighted by Crippen LogP contribution is -2.27. The Balaban J connectivity index is 0.000000320. The molecule has 0 bridgehead atoms. The maximum absolute atomic E-state index is 11.4. The lowest BCUT2D eigenvalue weighted by Gasteiger charge is -2.19. The van der Waals surface area contributed by atoms with Crippen molar-refractivity contribution in [1.82, 2.24) is 19.6 Å². The van der Waals surface area contributed by atoms with Crippen LogP contribution in [0.2, 0.25) is 0 Å². The van der Waals surface area contributed by atoms with Crippen LogP contribution in [-0.2, 0) is 30.2 Å². The van der Waals surface area contributed by atoms with E-state index in [1.165, 1.54) is 15.4 Å². The number of carbonyl (C=O) groups is 3. The second kappa shape index (κ2) is 10.8. The minimum atomic E-state index is -0.594. The van der Waals surface area contributed by atoms with Gasteiger partial charge in [0.15, 0.2) is 17.9 Å². The van der Waals surface area contributed by atoms with Crippen LogP contribution in [0.5, 0.6) is 0 Å². The largest absolute Gasteiger partial charge is 0.444 e. The molecule has 0 radical (unpaired) electrons. The number of ether oxygens (including phenoxy) is 2. The molecule has 0 saturated carbocycles. The van der Waals surface area contributed by atoms with Crippen LogP contribution in [0.25, 0.3) is 0 Å². The molecule has 178 valence electrons. The fraction of sp³-hybridized carbons (Fsp3) is 0.550. The Morgan fingerprint density at radius 1 is 0.938 bits per heavy atom. The summed E-state index contributed by atoms with van der Waals surface area (Å²) < 4.78 is 13.0. The third-order valence-electron chi connectivity index (χ3n) is 3.43. The van der Waals surface area contributed by atoms with Crippen LogP contribution in [0.3, 0.4) is 0 Å². The summed E-state index contributed by atoms with van der Waals surface area (Å²) in [7, 11) is 3.30. The first-order valence-corrected chi connectivity index (χ1v) is 9.76. The molecule has 12 heteroatoms. The van der Waals surface area contributed by atoms with Crippen LogP contribution in [0, 0.1) is 0 Å². The fourth-order valence-electron chi connectivity index (χ4n) is 2.18. The monoisotopic (exact) mass is 452 g/mol. The minimum Gasteiger partial charge on any atom is -0.444 e. The highest BCUT2D eigenvalue weighted by molar-refractivity contribution is 5.85. The third kappa shape index (κ3) is 9.60. The number of nitrogens with zero attached hydrogens (tertiary/aromatic N) is 4. The van der Waals surface area contributed by atoms with Gasteiger partial charge in [0.1, 0.15) is 16.9 Å². The van der Waals surface area contributed by atoms with Gasteiger partial charge in [0.25, 0.3) is 0 Å². The van der Waals surface area contributed by atoms with Crippen LogP contribution >= 0.6 is 0 Å². The van der Waals surface area contributed by atoms with Crippen molar-refractivity contribution in [2.45, 2.75) is 59.4 Å². The van der Waals surface area contributed by atoms with E-state index in [1.807, 2.05) is 0 Å². The number of carbonyl (C=O) groups excluding carboxylic acids is 3. The van der Waals surface area contributed by atoms with E-state index in [-0.39, 0.29) is 6.61 Å². The first-order valence-electron chi connectivity index (χ1n) is 9.76. The molecule has 12 nitrogen and oxygen atoms in total. The van der Waals surface area contributed by atoms with E-state index >= 15 is 0 Å². The Bertz CT molecular complexity index is 936. The summed E-state index contributed by atoms with van der Waals surface area (Å²) >= 11 is 0. The normalized spacial score (nSPS) is 11.2. The van der Waals surface area contributed by atoms with Crippen molar-refractivity contribution in [2.24, 2.45) is 14.1 Å². The highest BCUT2D eigenvalue weighted by Gasteiger charge is 2.18. The SMILES string of the molecule is Cn1nc(NC(=O)OC(C)(C)C)cc1C=O.Cn1nc(NC(=O)OC(C)(C)C)cc1CO. The van der Waals surface area contributed by atoms with Crippen LogP contribution in [0.15, 0.2) is 12.1 Å². The first-order chi connectivity index (χ1) is 14.6. The molecule has 2 aromatic heterocycles. The zero-order valence-corrected chi connectivity index (χ0v) is 19.7. The molecular weight excluding hydrogens is 420 g/mol. The highest BCUT2D eigenvalue weighted by Crippen LogP contribution is 2.12. The average Bonchev–Trinajstić information content (AvgIpc) is 3.13. The number of aliphatic hydroxyl groups is 1. The van der Waals surface area contributed by atoms with E-state index < -0.39 is 23.4 Å². The Hall–Kier alpha value is -3.41. The van der Waals surface area contributed by atoms with Crippen molar-refractivity contribution >= 4 is 30.1 Å². The summed E-state index contributed by atoms with van der Waals surface area (Å²) in [5, 5.41) is 21.8. The number of aliphatic hydroxyl groups excluding tert-OH is 1. The van der Waals surface area contributed by atoms with Crippen LogP contribution in [0.4, 0.5) is 21.2 Å². The van der Waals surface area contributed by atoms with Crippen LogP contribution in [0.1, 0.15) is 57.7 Å². The van der Waals surface area contributed by atoms with E-state index in [1.54, 1.807) is 61.7 Å². The Morgan fingerprint density at radius 2 is 1.38 bits per heavy atom. The molecule has 0 aliphatic heterocycles. The van der Waals surface area contributed by atoms with Crippen molar-refractivity contribution in [3.63, 3.8) is 0 Å². The van der Waals surface area contributed by atoms with E-state index in [4.69, 9.17) is 14.6 Å². The van der Waals surface area contributed by atoms with E-state index in [9.17, 15) is 14.4 Å². The molecule has 0 aliphatic carbocycles. The Kier molecular flexibility index (Phi) is 8.95. The molecule has 0 aromatic carbocycles. The molecular formula is C20H32N6O6. The van der Waals surface area contributed by atoms with Gasteiger partial charge in [0.05, 0.1) is 12.3 Å². The van der Waals surface area contributed by atoms with Gasteiger partial charge < -0.3 is 14.6 Å². The molecule has 2 rings (SSSR count). The maximum atomic E-state index is 11.4. The second-order valence-electron chi connectivity index (χ2n) is 8.75. The molecule has 0 aliphatic rings. The first kappa shape index (κ1) is 26.6. The van der Waals surface area contributed by atoms with Gasteiger partial charge in [-0.1, -0.05) is 0 Å². The van der Waals surface area contributed by atoms with Gasteiger partial charge in [0, 0.05) is 26.2 Å². The molecule has 2 aromatic rings. The van der Waals surface area contributed by atoms with Crippen molar-refractivity contribution < 1.29 is 29.0 Å². The number of hydrogen-bond donors (Lipinski definition) is 3. The number of aromatic nitrogens is 4. The number of amides is 2. The van der Waals surface area contributed by atoms with E-state index in [0.717, 1.165) is 0 Å². The topological polar surface area (TPSA) is 150 Å². The number of rotatable bonds is 4. The minimum absolute atomic E-state index is 0.125. The fourth-order valence-corrected chi connectivity index (χ4v) is 2.18. The average molecular weight is 453 g/mol. The number of anilines is 2. The standard InChI is InChI=1S/C10H17N3O3.C10H15N3O3/c2*1-10(2,3)16-9(15)11-8-5-7(6-14)13(4)12-8/h5,14H,6H2,1-4H3,(H,11,12,15);5-6H,1-4H3,(H,11,12,15). The van der Waals surface area contributed by atoms with Gasteiger partial charge in [-0.25, -0.2) is 9.59 Å². The summed E-state index contributed by atoms with van der Waals surface area (Å²) in [6.45, 7) is 10.5. The molecule has 0 unspecified atom stereocenters. The van der Waals surface area contributed by atoms with Crippen molar-refractivity contribution in [3.05, 3.63) is 23.5 Å². The predicted octanol–water partition coefficient (Wildman–Crippen LogP) is 2.84. The molecule has 32 heavy (non-hydrogen) atoms. The molecule has 2 amide bonds. The van der Waals surface area contributed by atoms with Gasteiger partial charge in [0.2, 0.25) is 0 Å². The highest BCUT2D eigenvalue weighted by atomic mass is 16.6. The van der Waals surface area contributed by atoms with Gasteiger partial charge >= 0.3 is 12.2 Å². The summed E-state index contributed by atoms with van der Waals surface area (Å²) in [5.74, 6) is 0.652. The van der Waals surface area contributed by atoms with E-state index in [2.05, 4.69) is 20.8 Å². The maximum Gasteiger partial charge on any atom is 0.413 e. The predicted molar refractivity (Wildman–Crippen MR) is 117 cm³/mol. The molecule has 0 fully saturated rings. The van der Waals surface area contributed by atoms with Crippen LogP contribution in [-0.4, -0.2) is 54.3 Å². The smallest absolute Gasteiger partial charge is 0.413 e. The molecule has 0 saturated heterocycles. The summed E-state index contributed by atoms with van der Waals surface area (Å²) in [6.07, 6.45) is -0.495. The number of nitrogens with one attached hydrogen (secondary N) is 2. The van der Waals surface area contributed by atoms with Crippen molar-refractivity contribution in [1.29, 1.82) is 0 Å². The molecule has 2 heterocycles. The van der Waals surface area contributed by atoms with E-state index in [0.29, 0.717) is 29.3 Å². The quantitative estimate of drug-likeness (QED) is 0.599. The lowest BCUT2D eigenvalue weighted by molar-refractivity contribution is 0.0623. The Morgan fingerprint density at radius 3 is 1.72 bits per heavy atom. The number of aldehydes is 1. The second-order valence-corrected chi connectivity index (χ2v) is 8.75. The summed E-state index contributed by atoms with van der Waals surface area (Å²) in [6, 6.07) is 3.06. The Labute approximate surface area is 186 Å². The zero-order valence-electron chi connectivity index (χ0n) is 19.7. The van der Waals surface area contributed by atoms with Gasteiger partial charge in [-0.15, -0.1) is 0 Å². The van der Waals surface area contributed by atoms with Crippen molar-refractivity contribution in [2.75, 3.05) is 10.6 Å². The molecule has 0 spiro atoms. The summed E-state index contributed by atoms with van der Waals surface area (Å²) in [5.41, 5.74) is -0.109. The molecule has 0 atom stereocenters. The molecule has 3 N–H and O–H groups in total. The van der Waals surface area contributed by atoms with Gasteiger partial charge in [-0.05, 0) is 41.5 Å². The summed E-state index contributed by atoms with van der Waals surface area (Å²) in [4.78, 5) is 33.3. The van der Waals surface area contributed by atoms with Gasteiger partial charge in [-0.2, -0.15) is 10.2 Å². The number of aryl methyl sites for hydroxylation is 2. The van der Waals surface area contributed by atoms with Gasteiger partial charge in [-0.3, -0.25) is 24.8 Å².